The Balaban J connectivity index is 2.59. The number of benzene rings is 1. The molecule has 0 saturated carbocycles. The molecular weight excluding hydrogens is 202 g/mol. The Labute approximate surface area is 86.7 Å². The van der Waals surface area contributed by atoms with Gasteiger partial charge in [0.05, 0.1) is 6.21 Å². The second-order valence-corrected chi connectivity index (χ2v) is 2.88. The Morgan fingerprint density at radius 2 is 2.14 bits per heavy atom. The topological polar surface area (TPSA) is 67.5 Å². The molecule has 0 aliphatic carbocycles. The zero-order valence-electron chi connectivity index (χ0n) is 7.40. The van der Waals surface area contributed by atoms with Crippen molar-refractivity contribution in [1.82, 2.24) is 5.43 Å². The first kappa shape index (κ1) is 10.5. The van der Waals surface area contributed by atoms with E-state index in [9.17, 15) is 4.79 Å². The highest BCUT2D eigenvalue weighted by atomic mass is 35.5. The van der Waals surface area contributed by atoms with Crippen LogP contribution in [0.15, 0.2) is 29.4 Å². The number of hydrogen-bond acceptors (Lipinski definition) is 2. The fraction of sp³-hybridized carbons (Fsp3) is 0.111. The first-order valence-electron chi connectivity index (χ1n) is 3.96. The van der Waals surface area contributed by atoms with Gasteiger partial charge in [0.2, 0.25) is 0 Å². The molecule has 0 heterocycles. The first-order chi connectivity index (χ1) is 6.72. The predicted molar refractivity (Wildman–Crippen MR) is 56.3 cm³/mol. The van der Waals surface area contributed by atoms with E-state index in [1.54, 1.807) is 0 Å². The molecular formula is C9H10ClN3O. The van der Waals surface area contributed by atoms with Gasteiger partial charge in [0.1, 0.15) is 0 Å². The molecule has 0 aliphatic rings. The Morgan fingerprint density at radius 1 is 1.50 bits per heavy atom. The van der Waals surface area contributed by atoms with Crippen LogP contribution in [0.5, 0.6) is 0 Å². The van der Waals surface area contributed by atoms with Crippen LogP contribution in [0.3, 0.4) is 0 Å². The van der Waals surface area contributed by atoms with Crippen molar-refractivity contribution in [1.29, 1.82) is 0 Å². The highest BCUT2D eigenvalue weighted by Crippen LogP contribution is 2.04. The largest absolute Gasteiger partial charge is 0.350 e. The lowest BCUT2D eigenvalue weighted by Gasteiger charge is -1.96. The summed E-state index contributed by atoms with van der Waals surface area (Å²) in [6, 6.07) is 6.80. The molecule has 0 atom stereocenters. The second kappa shape index (κ2) is 5.24. The summed E-state index contributed by atoms with van der Waals surface area (Å²) in [6.45, 7) is 0. The van der Waals surface area contributed by atoms with Crippen molar-refractivity contribution in [2.75, 3.05) is 0 Å². The van der Waals surface area contributed by atoms with E-state index in [1.165, 1.54) is 6.21 Å². The van der Waals surface area contributed by atoms with Crippen LogP contribution in [0.4, 0.5) is 4.79 Å². The first-order valence-corrected chi connectivity index (χ1v) is 4.49. The SMILES string of the molecule is NC(=O)N/N=C/c1ccc(CCl)cc1. The molecule has 1 aromatic carbocycles. The van der Waals surface area contributed by atoms with Gasteiger partial charge >= 0.3 is 6.03 Å². The van der Waals surface area contributed by atoms with Crippen LogP contribution in [-0.4, -0.2) is 12.2 Å². The van der Waals surface area contributed by atoms with Crippen molar-refractivity contribution in [2.45, 2.75) is 5.88 Å². The summed E-state index contributed by atoms with van der Waals surface area (Å²) in [5.74, 6) is 0.483. The van der Waals surface area contributed by atoms with Crippen LogP contribution in [-0.2, 0) is 5.88 Å². The number of hydrazone groups is 1. The molecule has 0 aromatic heterocycles. The van der Waals surface area contributed by atoms with Gasteiger partial charge in [-0.2, -0.15) is 5.10 Å². The molecule has 14 heavy (non-hydrogen) atoms. The number of nitrogens with two attached hydrogens (primary N) is 1. The van der Waals surface area contributed by atoms with Gasteiger partial charge in [-0.25, -0.2) is 10.2 Å². The standard InChI is InChI=1S/C9H10ClN3O/c10-5-7-1-3-8(4-2-7)6-12-13-9(11)14/h1-4,6H,5H2,(H3,11,13,14)/b12-6+. The maximum Gasteiger partial charge on any atom is 0.332 e. The van der Waals surface area contributed by atoms with E-state index in [2.05, 4.69) is 10.5 Å². The monoisotopic (exact) mass is 211 g/mol. The third-order valence-corrected chi connectivity index (χ3v) is 1.83. The van der Waals surface area contributed by atoms with E-state index in [0.717, 1.165) is 11.1 Å². The number of carbonyl (C=O) groups excluding carboxylic acids is 1. The Bertz CT molecular complexity index is 334. The van der Waals surface area contributed by atoms with Gasteiger partial charge in [-0.3, -0.25) is 0 Å². The molecule has 0 radical (unpaired) electrons. The van der Waals surface area contributed by atoms with Crippen molar-refractivity contribution < 1.29 is 4.79 Å². The number of nitrogens with one attached hydrogen (secondary N) is 1. The van der Waals surface area contributed by atoms with Crippen LogP contribution in [0.1, 0.15) is 11.1 Å². The van der Waals surface area contributed by atoms with Gasteiger partial charge in [-0.05, 0) is 11.1 Å². The van der Waals surface area contributed by atoms with Crippen LogP contribution < -0.4 is 11.2 Å². The fourth-order valence-corrected chi connectivity index (χ4v) is 1.04. The van der Waals surface area contributed by atoms with E-state index >= 15 is 0 Å². The highest BCUT2D eigenvalue weighted by molar-refractivity contribution is 6.17. The maximum absolute atomic E-state index is 10.3. The Morgan fingerprint density at radius 3 is 2.64 bits per heavy atom. The number of primary amides is 1. The van der Waals surface area contributed by atoms with Crippen molar-refractivity contribution >= 4 is 23.8 Å². The van der Waals surface area contributed by atoms with E-state index in [4.69, 9.17) is 17.3 Å². The average molecular weight is 212 g/mol. The molecule has 5 heteroatoms. The minimum atomic E-state index is -0.682. The predicted octanol–water partition coefficient (Wildman–Crippen LogP) is 1.43. The number of nitrogens with zero attached hydrogens (tertiary/aromatic N) is 1. The third-order valence-electron chi connectivity index (χ3n) is 1.52. The molecule has 0 bridgehead atoms. The molecule has 3 N–H and O–H groups in total. The van der Waals surface area contributed by atoms with Crippen LogP contribution in [0.2, 0.25) is 0 Å². The summed E-state index contributed by atoms with van der Waals surface area (Å²) in [7, 11) is 0. The summed E-state index contributed by atoms with van der Waals surface area (Å²) in [4.78, 5) is 10.3. The molecule has 4 nitrogen and oxygen atoms in total. The Kier molecular flexibility index (Phi) is 3.94. The lowest BCUT2D eigenvalue weighted by Crippen LogP contribution is -2.24. The molecule has 1 rings (SSSR count). The van der Waals surface area contributed by atoms with Crippen molar-refractivity contribution in [3.63, 3.8) is 0 Å². The highest BCUT2D eigenvalue weighted by Gasteiger charge is 1.90. The molecule has 0 saturated heterocycles. The quantitative estimate of drug-likeness (QED) is 0.443. The van der Waals surface area contributed by atoms with Crippen molar-refractivity contribution in [3.05, 3.63) is 35.4 Å². The van der Waals surface area contributed by atoms with Gasteiger partial charge in [-0.1, -0.05) is 24.3 Å². The lowest BCUT2D eigenvalue weighted by atomic mass is 10.2. The zero-order chi connectivity index (χ0) is 10.4. The number of amides is 2. The number of alkyl halides is 1. The van der Waals surface area contributed by atoms with Crippen LogP contribution >= 0.6 is 11.6 Å². The average Bonchev–Trinajstić information content (AvgIpc) is 2.18. The van der Waals surface area contributed by atoms with Gasteiger partial charge in [0.15, 0.2) is 0 Å². The molecule has 2 amide bonds. The van der Waals surface area contributed by atoms with Gasteiger partial charge in [0.25, 0.3) is 0 Å². The summed E-state index contributed by atoms with van der Waals surface area (Å²) < 4.78 is 0. The molecule has 0 aliphatic heterocycles. The van der Waals surface area contributed by atoms with Gasteiger partial charge in [-0.15, -0.1) is 11.6 Å². The number of rotatable bonds is 3. The fourth-order valence-electron chi connectivity index (χ4n) is 0.863. The van der Waals surface area contributed by atoms with E-state index in [1.807, 2.05) is 24.3 Å². The van der Waals surface area contributed by atoms with Crippen LogP contribution in [0.25, 0.3) is 0 Å². The third kappa shape index (κ3) is 3.45. The van der Waals surface area contributed by atoms with E-state index in [0.29, 0.717) is 5.88 Å². The molecule has 0 spiro atoms. The van der Waals surface area contributed by atoms with E-state index < -0.39 is 6.03 Å². The number of carbonyl (C=O) groups is 1. The molecule has 0 fully saturated rings. The zero-order valence-corrected chi connectivity index (χ0v) is 8.16. The summed E-state index contributed by atoms with van der Waals surface area (Å²) in [5, 5.41) is 3.61. The minimum absolute atomic E-state index is 0.483. The second-order valence-electron chi connectivity index (χ2n) is 2.61. The minimum Gasteiger partial charge on any atom is -0.350 e. The van der Waals surface area contributed by atoms with Gasteiger partial charge in [0, 0.05) is 5.88 Å². The summed E-state index contributed by atoms with van der Waals surface area (Å²) in [5.41, 5.74) is 8.83. The summed E-state index contributed by atoms with van der Waals surface area (Å²) >= 11 is 5.62. The maximum atomic E-state index is 10.3. The van der Waals surface area contributed by atoms with Gasteiger partial charge < -0.3 is 5.73 Å². The number of halogens is 1. The van der Waals surface area contributed by atoms with Crippen molar-refractivity contribution in [2.24, 2.45) is 10.8 Å². The molecule has 1 aromatic rings. The number of hydrogen-bond donors (Lipinski definition) is 2. The van der Waals surface area contributed by atoms with Crippen LogP contribution in [0, 0.1) is 0 Å². The molecule has 74 valence electrons. The van der Waals surface area contributed by atoms with Crippen molar-refractivity contribution in [3.8, 4) is 0 Å². The summed E-state index contributed by atoms with van der Waals surface area (Å²) in [6.07, 6.45) is 1.50. The smallest absolute Gasteiger partial charge is 0.332 e. The van der Waals surface area contributed by atoms with E-state index in [-0.39, 0.29) is 0 Å². The lowest BCUT2D eigenvalue weighted by molar-refractivity contribution is 0.249. The Hall–Kier alpha value is -1.55. The normalized spacial score (nSPS) is 10.4. The number of urea groups is 1. The molecule has 0 unspecified atom stereocenters.